The monoisotopic (exact) mass is 316 g/mol. The van der Waals surface area contributed by atoms with Crippen molar-refractivity contribution in [2.45, 2.75) is 26.3 Å². The molecule has 0 aliphatic carbocycles. The van der Waals surface area contributed by atoms with Crippen LogP contribution in [0.5, 0.6) is 11.7 Å². The van der Waals surface area contributed by atoms with Crippen molar-refractivity contribution in [3.05, 3.63) is 48.2 Å². The maximum absolute atomic E-state index is 12.3. The summed E-state index contributed by atoms with van der Waals surface area (Å²) in [6, 6.07) is 12.6. The zero-order chi connectivity index (χ0) is 16.8. The molecule has 0 radical (unpaired) electrons. The average molecular weight is 316 g/mol. The van der Waals surface area contributed by atoms with Crippen LogP contribution >= 0.6 is 0 Å². The highest BCUT2D eigenvalue weighted by atomic mass is 16.6. The zero-order valence-corrected chi connectivity index (χ0v) is 13.9. The van der Waals surface area contributed by atoms with Crippen LogP contribution in [-0.2, 0) is 0 Å². The summed E-state index contributed by atoms with van der Waals surface area (Å²) >= 11 is 0. The summed E-state index contributed by atoms with van der Waals surface area (Å²) in [6.07, 6.45) is 0.758. The second-order valence-electron chi connectivity index (χ2n) is 5.96. The number of amides is 1. The van der Waals surface area contributed by atoms with Crippen LogP contribution < -0.4 is 10.5 Å². The quantitative estimate of drug-likeness (QED) is 0.848. The second kappa shape index (κ2) is 7.83. The van der Waals surface area contributed by atoms with Gasteiger partial charge in [-0.05, 0) is 30.5 Å². The predicted molar refractivity (Wildman–Crippen MR) is 89.6 cm³/mol. The lowest BCUT2D eigenvalue weighted by atomic mass is 10.0. The predicted octanol–water partition coefficient (Wildman–Crippen LogP) is 3.52. The Kier molecular flexibility index (Phi) is 5.82. The molecule has 1 atom stereocenters. The summed E-state index contributed by atoms with van der Waals surface area (Å²) in [7, 11) is 1.75. The molecule has 2 aromatic rings. The number of nitrogens with zero attached hydrogens (tertiary/aromatic N) is 1. The van der Waals surface area contributed by atoms with E-state index in [1.165, 1.54) is 0 Å². The van der Waals surface area contributed by atoms with Crippen molar-refractivity contribution in [3.63, 3.8) is 0 Å². The first-order valence-corrected chi connectivity index (χ1v) is 7.81. The van der Waals surface area contributed by atoms with E-state index >= 15 is 0 Å². The molecule has 5 nitrogen and oxygen atoms in total. The highest BCUT2D eigenvalue weighted by Gasteiger charge is 2.18. The smallest absolute Gasteiger partial charge is 0.290 e. The number of furan rings is 1. The molecule has 1 unspecified atom stereocenters. The maximum Gasteiger partial charge on any atom is 0.290 e. The van der Waals surface area contributed by atoms with Gasteiger partial charge in [0.05, 0.1) is 0 Å². The normalized spacial score (nSPS) is 12.2. The molecule has 0 saturated carbocycles. The largest absolute Gasteiger partial charge is 0.426 e. The number of carbonyl (C=O) groups excluding carboxylic acids is 1. The first-order valence-electron chi connectivity index (χ1n) is 7.81. The number of hydrogen-bond donors (Lipinski definition) is 1. The van der Waals surface area contributed by atoms with Gasteiger partial charge in [0.2, 0.25) is 0 Å². The number of rotatable bonds is 7. The van der Waals surface area contributed by atoms with Gasteiger partial charge in [0.1, 0.15) is 5.75 Å². The molecular weight excluding hydrogens is 292 g/mol. The SMILES string of the molecule is CC(C)C(N)CCN(C)C(=O)c1ccc(Oc2ccccc2)o1. The standard InChI is InChI=1S/C18H24N2O3/c1-13(2)15(19)11-12-20(3)18(21)16-9-10-17(23-16)22-14-7-5-4-6-8-14/h4-10,13,15H,11-12,19H2,1-3H3. The Bertz CT molecular complexity index is 622. The summed E-state index contributed by atoms with van der Waals surface area (Å²) in [5, 5.41) is 0. The van der Waals surface area contributed by atoms with E-state index in [1.54, 1.807) is 24.1 Å². The van der Waals surface area contributed by atoms with Gasteiger partial charge < -0.3 is 19.8 Å². The molecular formula is C18H24N2O3. The number of ether oxygens (including phenoxy) is 1. The number of para-hydroxylation sites is 1. The lowest BCUT2D eigenvalue weighted by Crippen LogP contribution is -2.34. The minimum atomic E-state index is -0.177. The van der Waals surface area contributed by atoms with Gasteiger partial charge in [-0.25, -0.2) is 0 Å². The van der Waals surface area contributed by atoms with Crippen LogP contribution in [0.4, 0.5) is 0 Å². The molecule has 2 rings (SSSR count). The van der Waals surface area contributed by atoms with Gasteiger partial charge in [-0.3, -0.25) is 4.79 Å². The van der Waals surface area contributed by atoms with Crippen molar-refractivity contribution in [3.8, 4) is 11.7 Å². The first-order chi connectivity index (χ1) is 11.0. The summed E-state index contributed by atoms with van der Waals surface area (Å²) in [5.41, 5.74) is 6.01. The minimum Gasteiger partial charge on any atom is -0.426 e. The third kappa shape index (κ3) is 4.86. The summed E-state index contributed by atoms with van der Waals surface area (Å²) in [6.45, 7) is 4.74. The van der Waals surface area contributed by atoms with Gasteiger partial charge in [0, 0.05) is 25.7 Å². The van der Waals surface area contributed by atoms with Crippen molar-refractivity contribution >= 4 is 5.91 Å². The average Bonchev–Trinajstić information content (AvgIpc) is 3.00. The van der Waals surface area contributed by atoms with Crippen LogP contribution in [-0.4, -0.2) is 30.4 Å². The van der Waals surface area contributed by atoms with Crippen molar-refractivity contribution in [1.29, 1.82) is 0 Å². The van der Waals surface area contributed by atoms with Gasteiger partial charge in [0.25, 0.3) is 11.9 Å². The fourth-order valence-corrected chi connectivity index (χ4v) is 2.06. The highest BCUT2D eigenvalue weighted by molar-refractivity contribution is 5.91. The third-order valence-electron chi connectivity index (χ3n) is 3.75. The third-order valence-corrected chi connectivity index (χ3v) is 3.75. The van der Waals surface area contributed by atoms with E-state index in [0.717, 1.165) is 6.42 Å². The van der Waals surface area contributed by atoms with Crippen molar-refractivity contribution in [2.24, 2.45) is 11.7 Å². The van der Waals surface area contributed by atoms with Crippen molar-refractivity contribution in [2.75, 3.05) is 13.6 Å². The van der Waals surface area contributed by atoms with E-state index in [9.17, 15) is 4.79 Å². The minimum absolute atomic E-state index is 0.0822. The van der Waals surface area contributed by atoms with Crippen LogP contribution in [0.25, 0.3) is 0 Å². The fourth-order valence-electron chi connectivity index (χ4n) is 2.06. The maximum atomic E-state index is 12.3. The van der Waals surface area contributed by atoms with E-state index in [4.69, 9.17) is 14.9 Å². The molecule has 0 spiro atoms. The molecule has 23 heavy (non-hydrogen) atoms. The molecule has 5 heteroatoms. The van der Waals surface area contributed by atoms with E-state index in [1.807, 2.05) is 30.3 Å². The second-order valence-corrected chi connectivity index (χ2v) is 5.96. The van der Waals surface area contributed by atoms with Gasteiger partial charge in [-0.1, -0.05) is 32.0 Å². The van der Waals surface area contributed by atoms with Gasteiger partial charge in [-0.2, -0.15) is 0 Å². The molecule has 1 aromatic heterocycles. The molecule has 0 saturated heterocycles. The van der Waals surface area contributed by atoms with Crippen LogP contribution in [0.2, 0.25) is 0 Å². The van der Waals surface area contributed by atoms with Crippen LogP contribution in [0.15, 0.2) is 46.9 Å². The molecule has 0 fully saturated rings. The molecule has 0 aliphatic rings. The van der Waals surface area contributed by atoms with Crippen LogP contribution in [0.1, 0.15) is 30.8 Å². The Morgan fingerprint density at radius 3 is 2.57 bits per heavy atom. The molecule has 2 N–H and O–H groups in total. The Balaban J connectivity index is 1.92. The van der Waals surface area contributed by atoms with E-state index in [-0.39, 0.29) is 17.7 Å². The summed E-state index contributed by atoms with van der Waals surface area (Å²) < 4.78 is 11.0. The molecule has 1 aromatic carbocycles. The van der Waals surface area contributed by atoms with E-state index < -0.39 is 0 Å². The Morgan fingerprint density at radius 1 is 1.22 bits per heavy atom. The Hall–Kier alpha value is -2.27. The molecule has 1 amide bonds. The Morgan fingerprint density at radius 2 is 1.91 bits per heavy atom. The van der Waals surface area contributed by atoms with Crippen molar-refractivity contribution in [1.82, 2.24) is 4.90 Å². The van der Waals surface area contributed by atoms with E-state index in [2.05, 4.69) is 13.8 Å². The number of hydrogen-bond acceptors (Lipinski definition) is 4. The molecule has 0 aliphatic heterocycles. The van der Waals surface area contributed by atoms with Crippen molar-refractivity contribution < 1.29 is 13.9 Å². The fraction of sp³-hybridized carbons (Fsp3) is 0.389. The van der Waals surface area contributed by atoms with Gasteiger partial charge in [0.15, 0.2) is 5.76 Å². The Labute approximate surface area is 137 Å². The summed E-state index contributed by atoms with van der Waals surface area (Å²) in [4.78, 5) is 13.9. The van der Waals surface area contributed by atoms with Crippen LogP contribution in [0, 0.1) is 5.92 Å². The summed E-state index contributed by atoms with van der Waals surface area (Å²) in [5.74, 6) is 1.44. The molecule has 1 heterocycles. The lowest BCUT2D eigenvalue weighted by molar-refractivity contribution is 0.0752. The number of nitrogens with two attached hydrogens (primary N) is 1. The molecule has 0 bridgehead atoms. The number of benzene rings is 1. The topological polar surface area (TPSA) is 68.7 Å². The number of carbonyl (C=O) groups is 1. The highest BCUT2D eigenvalue weighted by Crippen LogP contribution is 2.24. The van der Waals surface area contributed by atoms with E-state index in [0.29, 0.717) is 24.2 Å². The zero-order valence-electron chi connectivity index (χ0n) is 13.9. The van der Waals surface area contributed by atoms with Gasteiger partial charge >= 0.3 is 0 Å². The first kappa shape index (κ1) is 17.1. The lowest BCUT2D eigenvalue weighted by Gasteiger charge is -2.20. The van der Waals surface area contributed by atoms with Crippen LogP contribution in [0.3, 0.4) is 0 Å². The molecule has 124 valence electrons. The van der Waals surface area contributed by atoms with Gasteiger partial charge in [-0.15, -0.1) is 0 Å².